The molecule has 3 rings (SSSR count). The van der Waals surface area contributed by atoms with Gasteiger partial charge in [0.05, 0.1) is 19.8 Å². The highest BCUT2D eigenvalue weighted by atomic mass is 32.1. The summed E-state index contributed by atoms with van der Waals surface area (Å²) in [5.74, 6) is -0.564. The van der Waals surface area contributed by atoms with Crippen LogP contribution in [-0.2, 0) is 9.53 Å². The quantitative estimate of drug-likeness (QED) is 0.456. The van der Waals surface area contributed by atoms with Crippen LogP contribution in [0.1, 0.15) is 21.7 Å². The van der Waals surface area contributed by atoms with Crippen molar-refractivity contribution in [2.24, 2.45) is 0 Å². The van der Waals surface area contributed by atoms with Gasteiger partial charge in [0, 0.05) is 23.4 Å². The molecule has 2 heterocycles. The number of quaternary nitrogens is 1. The molecule has 2 aromatic rings. The largest absolute Gasteiger partial charge is 0.370 e. The molecule has 0 saturated carbocycles. The SMILES string of the molecule is O=C(NCCC[NH+]1CCOCC1)/C(=C/c1cccs1)NC(=O)c1ccccc1. The molecule has 6 nitrogen and oxygen atoms in total. The third-order valence-electron chi connectivity index (χ3n) is 4.55. The first-order valence-corrected chi connectivity index (χ1v) is 10.4. The van der Waals surface area contributed by atoms with E-state index in [0.29, 0.717) is 12.1 Å². The molecule has 0 spiro atoms. The topological polar surface area (TPSA) is 71.9 Å². The molecule has 7 heteroatoms. The van der Waals surface area contributed by atoms with Crippen LogP contribution in [0.2, 0.25) is 0 Å². The molecule has 0 unspecified atom stereocenters. The Labute approximate surface area is 169 Å². The first-order valence-electron chi connectivity index (χ1n) is 9.53. The molecule has 1 saturated heterocycles. The number of thiophene rings is 1. The molecule has 28 heavy (non-hydrogen) atoms. The number of rotatable bonds is 8. The van der Waals surface area contributed by atoms with Crippen molar-refractivity contribution < 1.29 is 19.2 Å². The summed E-state index contributed by atoms with van der Waals surface area (Å²) in [6.07, 6.45) is 2.61. The van der Waals surface area contributed by atoms with Crippen molar-refractivity contribution in [1.29, 1.82) is 0 Å². The Kier molecular flexibility index (Phi) is 7.78. The Morgan fingerprint density at radius 1 is 1.11 bits per heavy atom. The van der Waals surface area contributed by atoms with E-state index in [1.54, 1.807) is 30.3 Å². The maximum Gasteiger partial charge on any atom is 0.267 e. The van der Waals surface area contributed by atoms with E-state index in [9.17, 15) is 9.59 Å². The third kappa shape index (κ3) is 6.30. The van der Waals surface area contributed by atoms with Crippen molar-refractivity contribution in [3.8, 4) is 0 Å². The molecule has 2 amide bonds. The van der Waals surface area contributed by atoms with E-state index < -0.39 is 0 Å². The van der Waals surface area contributed by atoms with Gasteiger partial charge in [-0.05, 0) is 29.7 Å². The number of amides is 2. The molecule has 148 valence electrons. The predicted molar refractivity (Wildman–Crippen MR) is 110 cm³/mol. The second kappa shape index (κ2) is 10.8. The Morgan fingerprint density at radius 3 is 2.61 bits per heavy atom. The second-order valence-electron chi connectivity index (χ2n) is 6.62. The van der Waals surface area contributed by atoms with Crippen LogP contribution in [0.5, 0.6) is 0 Å². The van der Waals surface area contributed by atoms with Gasteiger partial charge in [0.25, 0.3) is 11.8 Å². The fourth-order valence-electron chi connectivity index (χ4n) is 3.00. The van der Waals surface area contributed by atoms with Gasteiger partial charge in [-0.3, -0.25) is 9.59 Å². The summed E-state index contributed by atoms with van der Waals surface area (Å²) in [7, 11) is 0. The average Bonchev–Trinajstić information content (AvgIpc) is 3.25. The minimum Gasteiger partial charge on any atom is -0.370 e. The van der Waals surface area contributed by atoms with Crippen LogP contribution < -0.4 is 15.5 Å². The van der Waals surface area contributed by atoms with Gasteiger partial charge in [-0.25, -0.2) is 0 Å². The number of ether oxygens (including phenoxy) is 1. The summed E-state index contributed by atoms with van der Waals surface area (Å²) in [4.78, 5) is 27.6. The van der Waals surface area contributed by atoms with Gasteiger partial charge < -0.3 is 20.3 Å². The summed E-state index contributed by atoms with van der Waals surface area (Å²) in [5, 5.41) is 7.62. The molecule has 0 bridgehead atoms. The van der Waals surface area contributed by atoms with E-state index in [2.05, 4.69) is 10.6 Å². The number of carbonyl (C=O) groups excluding carboxylic acids is 2. The van der Waals surface area contributed by atoms with Crippen LogP contribution in [0.4, 0.5) is 0 Å². The molecule has 1 aliphatic heterocycles. The third-order valence-corrected chi connectivity index (χ3v) is 5.37. The van der Waals surface area contributed by atoms with Gasteiger partial charge in [-0.15, -0.1) is 11.3 Å². The lowest BCUT2D eigenvalue weighted by Crippen LogP contribution is -3.14. The van der Waals surface area contributed by atoms with Crippen LogP contribution in [0.25, 0.3) is 6.08 Å². The zero-order valence-electron chi connectivity index (χ0n) is 15.8. The van der Waals surface area contributed by atoms with Gasteiger partial charge in [0.2, 0.25) is 0 Å². The monoisotopic (exact) mass is 400 g/mol. The second-order valence-corrected chi connectivity index (χ2v) is 7.59. The van der Waals surface area contributed by atoms with E-state index >= 15 is 0 Å². The Hall–Kier alpha value is -2.48. The molecule has 0 radical (unpaired) electrons. The highest BCUT2D eigenvalue weighted by Crippen LogP contribution is 2.13. The molecule has 1 aromatic carbocycles. The maximum atomic E-state index is 12.7. The van der Waals surface area contributed by atoms with Gasteiger partial charge in [0.1, 0.15) is 18.8 Å². The predicted octanol–water partition coefficient (Wildman–Crippen LogP) is 0.940. The van der Waals surface area contributed by atoms with Gasteiger partial charge >= 0.3 is 0 Å². The number of hydrogen-bond acceptors (Lipinski definition) is 4. The highest BCUT2D eigenvalue weighted by molar-refractivity contribution is 7.10. The summed E-state index contributed by atoms with van der Waals surface area (Å²) in [6, 6.07) is 12.7. The zero-order chi connectivity index (χ0) is 19.6. The van der Waals surface area contributed by atoms with Crippen molar-refractivity contribution >= 4 is 29.2 Å². The van der Waals surface area contributed by atoms with E-state index in [1.807, 2.05) is 23.6 Å². The van der Waals surface area contributed by atoms with Crippen molar-refractivity contribution in [1.82, 2.24) is 10.6 Å². The fraction of sp³-hybridized carbons (Fsp3) is 0.333. The summed E-state index contributed by atoms with van der Waals surface area (Å²) in [5.41, 5.74) is 0.776. The molecular formula is C21H26N3O3S+. The molecule has 0 atom stereocenters. The summed E-state index contributed by atoms with van der Waals surface area (Å²) in [6.45, 7) is 5.23. The molecule has 1 aliphatic rings. The summed E-state index contributed by atoms with van der Waals surface area (Å²) >= 11 is 1.52. The van der Waals surface area contributed by atoms with Crippen LogP contribution in [-0.4, -0.2) is 51.2 Å². The number of morpholine rings is 1. The van der Waals surface area contributed by atoms with Crippen molar-refractivity contribution in [3.05, 3.63) is 64.0 Å². The van der Waals surface area contributed by atoms with E-state index in [0.717, 1.165) is 44.1 Å². The summed E-state index contributed by atoms with van der Waals surface area (Å²) < 4.78 is 5.36. The number of carbonyl (C=O) groups is 2. The Morgan fingerprint density at radius 2 is 1.89 bits per heavy atom. The number of hydrogen-bond donors (Lipinski definition) is 3. The van der Waals surface area contributed by atoms with Crippen LogP contribution in [0, 0.1) is 0 Å². The molecule has 1 fully saturated rings. The fourth-order valence-corrected chi connectivity index (χ4v) is 3.66. The lowest BCUT2D eigenvalue weighted by Gasteiger charge is -2.23. The van der Waals surface area contributed by atoms with E-state index in [4.69, 9.17) is 4.74 Å². The number of benzene rings is 1. The molecule has 0 aliphatic carbocycles. The standard InChI is InChI=1S/C21H25N3O3S/c25-20(17-6-2-1-3-7-17)23-19(16-18-8-4-15-28-18)21(26)22-9-5-10-24-11-13-27-14-12-24/h1-4,6-8,15-16H,5,9-14H2,(H,22,26)(H,23,25)/p+1/b19-16-. The van der Waals surface area contributed by atoms with Crippen molar-refractivity contribution in [2.45, 2.75) is 6.42 Å². The minimum atomic E-state index is -0.295. The van der Waals surface area contributed by atoms with Crippen LogP contribution in [0.15, 0.2) is 53.5 Å². The van der Waals surface area contributed by atoms with E-state index in [1.165, 1.54) is 16.2 Å². The average molecular weight is 401 g/mol. The zero-order valence-corrected chi connectivity index (χ0v) is 16.6. The number of nitrogens with one attached hydrogen (secondary N) is 3. The van der Waals surface area contributed by atoms with Crippen molar-refractivity contribution in [3.63, 3.8) is 0 Å². The Bertz CT molecular complexity index is 784. The van der Waals surface area contributed by atoms with E-state index in [-0.39, 0.29) is 17.5 Å². The minimum absolute atomic E-state index is 0.259. The first-order chi connectivity index (χ1) is 13.7. The van der Waals surface area contributed by atoms with Gasteiger partial charge in [0.15, 0.2) is 0 Å². The molecule has 1 aromatic heterocycles. The Balaban J connectivity index is 1.56. The lowest BCUT2D eigenvalue weighted by atomic mass is 10.2. The van der Waals surface area contributed by atoms with Gasteiger partial charge in [-0.1, -0.05) is 24.3 Å². The normalized spacial score (nSPS) is 15.2. The lowest BCUT2D eigenvalue weighted by molar-refractivity contribution is -0.908. The van der Waals surface area contributed by atoms with Gasteiger partial charge in [-0.2, -0.15) is 0 Å². The maximum absolute atomic E-state index is 12.7. The van der Waals surface area contributed by atoms with Crippen LogP contribution in [0.3, 0.4) is 0 Å². The van der Waals surface area contributed by atoms with Crippen LogP contribution >= 0.6 is 11.3 Å². The van der Waals surface area contributed by atoms with Crippen molar-refractivity contribution in [2.75, 3.05) is 39.4 Å². The molecule has 3 N–H and O–H groups in total. The smallest absolute Gasteiger partial charge is 0.267 e. The first kappa shape index (κ1) is 20.3. The molecular weight excluding hydrogens is 374 g/mol. The highest BCUT2D eigenvalue weighted by Gasteiger charge is 2.16.